The number of aryl methyl sites for hydroxylation is 2. The molecule has 1 amide bonds. The molecule has 1 fully saturated rings. The highest BCUT2D eigenvalue weighted by Crippen LogP contribution is 2.33. The number of hydrogen-bond donors (Lipinski definition) is 1. The molecule has 5 rings (SSSR count). The first-order valence-corrected chi connectivity index (χ1v) is 9.55. The predicted octanol–water partition coefficient (Wildman–Crippen LogP) is 3.84. The van der Waals surface area contributed by atoms with E-state index in [1.54, 1.807) is 6.20 Å². The number of piperazine rings is 1. The number of imidazole rings is 1. The van der Waals surface area contributed by atoms with Crippen LogP contribution in [0.3, 0.4) is 0 Å². The van der Waals surface area contributed by atoms with Crippen LogP contribution in [0, 0.1) is 6.92 Å². The highest BCUT2D eigenvalue weighted by Gasteiger charge is 2.33. The summed E-state index contributed by atoms with van der Waals surface area (Å²) in [7, 11) is 1.96. The van der Waals surface area contributed by atoms with E-state index in [4.69, 9.17) is 4.42 Å². The Morgan fingerprint density at radius 1 is 1.21 bits per heavy atom. The van der Waals surface area contributed by atoms with Gasteiger partial charge in [0, 0.05) is 55.4 Å². The second kappa shape index (κ2) is 7.54. The maximum Gasteiger partial charge on any atom is 0.290 e. The molecule has 1 aliphatic heterocycles. The van der Waals surface area contributed by atoms with Gasteiger partial charge >= 0.3 is 0 Å². The first kappa shape index (κ1) is 19.5. The van der Waals surface area contributed by atoms with E-state index in [1.165, 1.54) is 0 Å². The zero-order chi connectivity index (χ0) is 19.3. The third kappa shape index (κ3) is 3.09. The number of nitrogens with one attached hydrogen (secondary N) is 1. The molecule has 2 aromatic heterocycles. The normalized spacial score (nSPS) is 16.9. The number of nitrogens with zero attached hydrogens (tertiary/aromatic N) is 3. The van der Waals surface area contributed by atoms with Crippen LogP contribution in [-0.2, 0) is 7.05 Å². The Hall–Kier alpha value is -2.83. The van der Waals surface area contributed by atoms with Crippen molar-refractivity contribution in [3.05, 3.63) is 65.9 Å². The molecule has 1 saturated heterocycles. The Bertz CT molecular complexity index is 1200. The molecule has 29 heavy (non-hydrogen) atoms. The molecular weight excluding hydrogens is 388 g/mol. The van der Waals surface area contributed by atoms with Crippen LogP contribution in [0.25, 0.3) is 21.7 Å². The van der Waals surface area contributed by atoms with Crippen LogP contribution in [0.2, 0.25) is 0 Å². The Morgan fingerprint density at radius 3 is 2.83 bits per heavy atom. The van der Waals surface area contributed by atoms with Crippen molar-refractivity contribution in [2.24, 2.45) is 7.05 Å². The largest absolute Gasteiger partial charge is 0.450 e. The van der Waals surface area contributed by atoms with Crippen LogP contribution in [0.4, 0.5) is 0 Å². The lowest BCUT2D eigenvalue weighted by atomic mass is 10.1. The Labute approximate surface area is 174 Å². The van der Waals surface area contributed by atoms with Crippen molar-refractivity contribution in [3.63, 3.8) is 0 Å². The van der Waals surface area contributed by atoms with Gasteiger partial charge in [-0.2, -0.15) is 0 Å². The molecule has 0 spiro atoms. The summed E-state index contributed by atoms with van der Waals surface area (Å²) in [5.41, 5.74) is 1.67. The van der Waals surface area contributed by atoms with Crippen LogP contribution in [-0.4, -0.2) is 40.0 Å². The maximum atomic E-state index is 13.5. The molecule has 3 heterocycles. The third-order valence-electron chi connectivity index (χ3n) is 5.68. The van der Waals surface area contributed by atoms with E-state index in [-0.39, 0.29) is 24.4 Å². The molecule has 1 aliphatic rings. The van der Waals surface area contributed by atoms with Gasteiger partial charge in [0.05, 0.1) is 0 Å². The molecule has 2 aromatic carbocycles. The lowest BCUT2D eigenvalue weighted by Crippen LogP contribution is -2.49. The average Bonchev–Trinajstić information content (AvgIpc) is 3.31. The van der Waals surface area contributed by atoms with Gasteiger partial charge < -0.3 is 19.2 Å². The van der Waals surface area contributed by atoms with Crippen molar-refractivity contribution >= 4 is 40.1 Å². The minimum Gasteiger partial charge on any atom is -0.450 e. The molecule has 0 radical (unpaired) electrons. The van der Waals surface area contributed by atoms with Crippen molar-refractivity contribution in [2.45, 2.75) is 13.0 Å². The highest BCUT2D eigenvalue weighted by molar-refractivity contribution is 6.08. The fraction of sp³-hybridized carbons (Fsp3) is 0.273. The smallest absolute Gasteiger partial charge is 0.290 e. The first-order valence-electron chi connectivity index (χ1n) is 9.55. The summed E-state index contributed by atoms with van der Waals surface area (Å²) in [6.07, 6.45) is 3.68. The molecule has 1 N–H and O–H groups in total. The van der Waals surface area contributed by atoms with Gasteiger partial charge in [-0.3, -0.25) is 4.79 Å². The van der Waals surface area contributed by atoms with Crippen LogP contribution in [0.5, 0.6) is 0 Å². The van der Waals surface area contributed by atoms with Crippen molar-refractivity contribution in [1.82, 2.24) is 19.8 Å². The lowest BCUT2D eigenvalue weighted by molar-refractivity contribution is 0.0590. The molecule has 1 unspecified atom stereocenters. The van der Waals surface area contributed by atoms with Gasteiger partial charge in [-0.15, -0.1) is 12.4 Å². The predicted molar refractivity (Wildman–Crippen MR) is 116 cm³/mol. The Morgan fingerprint density at radius 2 is 2.03 bits per heavy atom. The minimum atomic E-state index is -0.120. The molecule has 0 bridgehead atoms. The minimum absolute atomic E-state index is 0. The molecule has 0 aliphatic carbocycles. The number of carbonyl (C=O) groups excluding carboxylic acids is 1. The average molecular weight is 411 g/mol. The van der Waals surface area contributed by atoms with E-state index in [2.05, 4.69) is 22.4 Å². The van der Waals surface area contributed by atoms with Gasteiger partial charge in [-0.05, 0) is 12.3 Å². The van der Waals surface area contributed by atoms with Crippen molar-refractivity contribution < 1.29 is 9.21 Å². The van der Waals surface area contributed by atoms with Crippen LogP contribution in [0.1, 0.15) is 28.0 Å². The second-order valence-corrected chi connectivity index (χ2v) is 7.33. The van der Waals surface area contributed by atoms with E-state index in [9.17, 15) is 4.79 Å². The summed E-state index contributed by atoms with van der Waals surface area (Å²) in [6, 6.07) is 12.1. The van der Waals surface area contributed by atoms with Gasteiger partial charge in [0.15, 0.2) is 5.76 Å². The summed E-state index contributed by atoms with van der Waals surface area (Å²) in [5.74, 6) is 1.22. The lowest BCUT2D eigenvalue weighted by Gasteiger charge is -2.35. The van der Waals surface area contributed by atoms with E-state index in [0.717, 1.165) is 39.7 Å². The van der Waals surface area contributed by atoms with Gasteiger partial charge in [0.2, 0.25) is 0 Å². The zero-order valence-electron chi connectivity index (χ0n) is 16.4. The fourth-order valence-corrected chi connectivity index (χ4v) is 4.16. The maximum absolute atomic E-state index is 13.5. The number of benzene rings is 2. The summed E-state index contributed by atoms with van der Waals surface area (Å²) < 4.78 is 8.15. The molecule has 150 valence electrons. The fourth-order valence-electron chi connectivity index (χ4n) is 4.16. The van der Waals surface area contributed by atoms with Crippen molar-refractivity contribution in [2.75, 3.05) is 19.6 Å². The number of halogens is 1. The highest BCUT2D eigenvalue weighted by atomic mass is 35.5. The number of furan rings is 1. The molecule has 6 nitrogen and oxygen atoms in total. The van der Waals surface area contributed by atoms with Gasteiger partial charge in [-0.25, -0.2) is 4.98 Å². The summed E-state index contributed by atoms with van der Waals surface area (Å²) in [4.78, 5) is 19.9. The topological polar surface area (TPSA) is 63.3 Å². The molecular formula is C22H23ClN4O2. The summed E-state index contributed by atoms with van der Waals surface area (Å²) in [5, 5.41) is 6.50. The van der Waals surface area contributed by atoms with Crippen molar-refractivity contribution in [1.29, 1.82) is 0 Å². The van der Waals surface area contributed by atoms with E-state index >= 15 is 0 Å². The summed E-state index contributed by atoms with van der Waals surface area (Å²) in [6.45, 7) is 4.02. The summed E-state index contributed by atoms with van der Waals surface area (Å²) >= 11 is 0. The van der Waals surface area contributed by atoms with Gasteiger partial charge in [-0.1, -0.05) is 36.4 Å². The van der Waals surface area contributed by atoms with Gasteiger partial charge in [0.1, 0.15) is 17.4 Å². The van der Waals surface area contributed by atoms with E-state index in [1.807, 2.05) is 53.9 Å². The number of amides is 1. The number of rotatable bonds is 2. The molecule has 4 aromatic rings. The number of carbonyl (C=O) groups is 1. The molecule has 7 heteroatoms. The molecule has 0 saturated carbocycles. The Kier molecular flexibility index (Phi) is 5.06. The van der Waals surface area contributed by atoms with Crippen LogP contribution < -0.4 is 5.32 Å². The standard InChI is InChI=1S/C22H22N4O2.ClH/c1-14-16-8-7-15-5-3-4-6-17(15)20(16)28-19(14)22(27)26-12-9-23-13-18(26)21-24-10-11-25(21)2;/h3-8,10-11,18,23H,9,12-13H2,1-2H3;1H. The number of hydrogen-bond acceptors (Lipinski definition) is 4. The van der Waals surface area contributed by atoms with E-state index < -0.39 is 0 Å². The first-order chi connectivity index (χ1) is 13.6. The van der Waals surface area contributed by atoms with E-state index in [0.29, 0.717) is 18.8 Å². The van der Waals surface area contributed by atoms with Crippen LogP contribution in [0.15, 0.2) is 53.2 Å². The SMILES string of the molecule is Cc1c(C(=O)N2CCNCC2c2nccn2C)oc2c1ccc1ccccc12.Cl. The second-order valence-electron chi connectivity index (χ2n) is 7.33. The van der Waals surface area contributed by atoms with Crippen LogP contribution >= 0.6 is 12.4 Å². The number of fused-ring (bicyclic) bond motifs is 3. The third-order valence-corrected chi connectivity index (χ3v) is 5.68. The Balaban J connectivity index is 0.00000205. The quantitative estimate of drug-likeness (QED) is 0.545. The number of aromatic nitrogens is 2. The monoisotopic (exact) mass is 410 g/mol. The van der Waals surface area contributed by atoms with Gasteiger partial charge in [0.25, 0.3) is 5.91 Å². The zero-order valence-corrected chi connectivity index (χ0v) is 17.2. The van der Waals surface area contributed by atoms with Crippen molar-refractivity contribution in [3.8, 4) is 0 Å². The molecule has 1 atom stereocenters.